The summed E-state index contributed by atoms with van der Waals surface area (Å²) in [6.45, 7) is 7.39. The van der Waals surface area contributed by atoms with Gasteiger partial charge in [-0.2, -0.15) is 0 Å². The van der Waals surface area contributed by atoms with Crippen LogP contribution in [0.15, 0.2) is 15.6 Å². The number of carboxylic acid groups (broad SMARTS) is 1. The summed E-state index contributed by atoms with van der Waals surface area (Å²) in [6, 6.07) is -0.238. The molecule has 1 aliphatic carbocycles. The third-order valence-electron chi connectivity index (χ3n) is 7.85. The number of nitrogens with two attached hydrogens (primary N) is 2. The first-order chi connectivity index (χ1) is 15.7. The lowest BCUT2D eigenvalue weighted by Gasteiger charge is -2.46. The summed E-state index contributed by atoms with van der Waals surface area (Å²) in [5.74, 6) is -0.438. The molecule has 3 aliphatic heterocycles. The Morgan fingerprint density at radius 2 is 1.88 bits per heavy atom. The van der Waals surface area contributed by atoms with Crippen molar-refractivity contribution in [2.75, 3.05) is 26.2 Å². The van der Waals surface area contributed by atoms with Gasteiger partial charge >= 0.3 is 5.97 Å². The fourth-order valence-electron chi connectivity index (χ4n) is 6.11. The highest BCUT2D eigenvalue weighted by Gasteiger charge is 2.60. The minimum absolute atomic E-state index is 0.0621. The summed E-state index contributed by atoms with van der Waals surface area (Å²) in [5.41, 5.74) is 11.0. The van der Waals surface area contributed by atoms with E-state index in [0.717, 1.165) is 50.3 Å². The van der Waals surface area contributed by atoms with E-state index in [1.165, 1.54) is 17.7 Å². The van der Waals surface area contributed by atoms with Gasteiger partial charge in [-0.05, 0) is 57.4 Å². The predicted octanol–water partition coefficient (Wildman–Crippen LogP) is 1.03. The number of rotatable bonds is 8. The molecule has 0 bridgehead atoms. The van der Waals surface area contributed by atoms with Gasteiger partial charge in [-0.25, -0.2) is 4.79 Å². The molecule has 3 fully saturated rings. The maximum atomic E-state index is 12.5. The summed E-state index contributed by atoms with van der Waals surface area (Å²) in [5, 5.41) is 20.2. The number of carbonyl (C=O) groups excluding carboxylic acids is 1. The van der Waals surface area contributed by atoms with Crippen molar-refractivity contribution >= 4 is 29.6 Å². The lowest BCUT2D eigenvalue weighted by molar-refractivity contribution is -0.163. The van der Waals surface area contributed by atoms with Gasteiger partial charge in [0.2, 0.25) is 5.91 Å². The molecule has 1 unspecified atom stereocenters. The van der Waals surface area contributed by atoms with E-state index in [2.05, 4.69) is 9.89 Å². The molecule has 6 N–H and O–H groups in total. The van der Waals surface area contributed by atoms with Crippen LogP contribution in [0.2, 0.25) is 0 Å². The first kappa shape index (κ1) is 24.3. The first-order valence-electron chi connectivity index (χ1n) is 12.1. The van der Waals surface area contributed by atoms with E-state index < -0.39 is 18.0 Å². The second-order valence-electron chi connectivity index (χ2n) is 10.2. The van der Waals surface area contributed by atoms with Gasteiger partial charge in [-0.1, -0.05) is 6.92 Å². The maximum absolute atomic E-state index is 12.5. The molecule has 0 radical (unpaired) electrons. The number of aliphatic imine (C=N–C) groups is 1. The highest BCUT2D eigenvalue weighted by Crippen LogP contribution is 2.52. The van der Waals surface area contributed by atoms with Gasteiger partial charge in [0.15, 0.2) is 5.96 Å². The topological polar surface area (TPSA) is 145 Å². The van der Waals surface area contributed by atoms with Crippen LogP contribution in [0.25, 0.3) is 0 Å². The third kappa shape index (κ3) is 4.88. The minimum atomic E-state index is -1.04. The molecule has 0 aromatic rings. The standard InChI is InChI=1S/C23H37N5O4S/c1-12-18-17(13(2)29)21(30)28(18)19(22(31)32)20(12)33-16-7-8-27(11-16)10-15-5-3-14(4-6-15)9-26-23(24)25/h12-18,29H,3-11H2,1-2H3,(H,31,32)(H4,24,25,26)/t12-,13-,14?,15?,16-,17-,18?/m1/s1. The Morgan fingerprint density at radius 3 is 2.48 bits per heavy atom. The molecule has 0 aromatic heterocycles. The van der Waals surface area contributed by atoms with Crippen LogP contribution in [0.4, 0.5) is 0 Å². The van der Waals surface area contributed by atoms with E-state index in [1.54, 1.807) is 18.7 Å². The fourth-order valence-corrected chi connectivity index (χ4v) is 7.63. The number of amides is 1. The van der Waals surface area contributed by atoms with Crippen molar-refractivity contribution in [3.63, 3.8) is 0 Å². The number of β-lactam (4-membered cyclic amide) rings is 1. The van der Waals surface area contributed by atoms with Crippen molar-refractivity contribution in [1.82, 2.24) is 9.80 Å². The second kappa shape index (κ2) is 9.84. The summed E-state index contributed by atoms with van der Waals surface area (Å²) in [6.07, 6.45) is 4.97. The summed E-state index contributed by atoms with van der Waals surface area (Å²) >= 11 is 1.64. The average Bonchev–Trinajstić information content (AvgIpc) is 3.28. The molecule has 5 atom stereocenters. The van der Waals surface area contributed by atoms with Gasteiger partial charge in [-0.15, -0.1) is 11.8 Å². The largest absolute Gasteiger partial charge is 0.477 e. The lowest BCUT2D eigenvalue weighted by Crippen LogP contribution is -2.63. The molecule has 184 valence electrons. The predicted molar refractivity (Wildman–Crippen MR) is 128 cm³/mol. The number of fused-ring (bicyclic) bond motifs is 1. The molecule has 4 aliphatic rings. The van der Waals surface area contributed by atoms with Gasteiger partial charge in [0.25, 0.3) is 0 Å². The number of aliphatic hydroxyl groups excluding tert-OH is 1. The smallest absolute Gasteiger partial charge is 0.353 e. The molecule has 0 spiro atoms. The van der Waals surface area contributed by atoms with Gasteiger partial charge < -0.3 is 31.5 Å². The Kier molecular flexibility index (Phi) is 7.26. The van der Waals surface area contributed by atoms with Crippen LogP contribution in [0, 0.1) is 23.7 Å². The Labute approximate surface area is 199 Å². The molecule has 33 heavy (non-hydrogen) atoms. The fraction of sp³-hybridized carbons (Fsp3) is 0.783. The minimum Gasteiger partial charge on any atom is -0.477 e. The van der Waals surface area contributed by atoms with Crippen LogP contribution < -0.4 is 11.5 Å². The molecule has 1 saturated carbocycles. The highest BCUT2D eigenvalue weighted by molar-refractivity contribution is 8.03. The van der Waals surface area contributed by atoms with E-state index >= 15 is 0 Å². The Morgan fingerprint density at radius 1 is 1.21 bits per heavy atom. The average molecular weight is 480 g/mol. The monoisotopic (exact) mass is 479 g/mol. The third-order valence-corrected chi connectivity index (χ3v) is 9.39. The number of guanidine groups is 1. The number of hydrogen-bond acceptors (Lipinski definition) is 6. The van der Waals surface area contributed by atoms with Crippen molar-refractivity contribution in [2.24, 2.45) is 40.1 Å². The van der Waals surface area contributed by atoms with Crippen LogP contribution >= 0.6 is 11.8 Å². The van der Waals surface area contributed by atoms with E-state index in [0.29, 0.717) is 17.1 Å². The van der Waals surface area contributed by atoms with Crippen molar-refractivity contribution in [3.8, 4) is 0 Å². The van der Waals surface area contributed by atoms with Gasteiger partial charge in [0.1, 0.15) is 5.70 Å². The first-order valence-corrected chi connectivity index (χ1v) is 13.0. The molecule has 0 aromatic carbocycles. The Hall–Kier alpha value is -1.78. The van der Waals surface area contributed by atoms with Crippen LogP contribution in [0.1, 0.15) is 46.0 Å². The number of nitrogens with zero attached hydrogens (tertiary/aromatic N) is 3. The number of hydrogen-bond donors (Lipinski definition) is 4. The zero-order valence-corrected chi connectivity index (χ0v) is 20.3. The van der Waals surface area contributed by atoms with Crippen LogP contribution in [0.3, 0.4) is 0 Å². The molecule has 10 heteroatoms. The summed E-state index contributed by atoms with van der Waals surface area (Å²) in [7, 11) is 0. The Bertz CT molecular complexity index is 835. The lowest BCUT2D eigenvalue weighted by atomic mass is 9.79. The molecular weight excluding hydrogens is 442 g/mol. The maximum Gasteiger partial charge on any atom is 0.353 e. The van der Waals surface area contributed by atoms with E-state index in [9.17, 15) is 19.8 Å². The number of thioether (sulfide) groups is 1. The zero-order chi connectivity index (χ0) is 23.9. The quantitative estimate of drug-likeness (QED) is 0.229. The second-order valence-corrected chi connectivity index (χ2v) is 11.6. The number of carboxylic acids is 1. The van der Waals surface area contributed by atoms with E-state index in [-0.39, 0.29) is 29.5 Å². The zero-order valence-electron chi connectivity index (χ0n) is 19.5. The van der Waals surface area contributed by atoms with E-state index in [1.807, 2.05) is 6.92 Å². The molecule has 1 amide bonds. The number of carbonyl (C=O) groups is 2. The van der Waals surface area contributed by atoms with Gasteiger partial charge in [-0.3, -0.25) is 9.79 Å². The molecule has 9 nitrogen and oxygen atoms in total. The van der Waals surface area contributed by atoms with Gasteiger partial charge in [0.05, 0.1) is 18.1 Å². The molecule has 3 heterocycles. The normalized spacial score (nSPS) is 35.4. The Balaban J connectivity index is 1.31. The number of aliphatic carboxylic acids is 1. The SMILES string of the molecule is C[C@H]1C(S[C@@H]2CCN(CC3CCC(CN=C(N)N)CC3)C2)=C(C(=O)O)N2C(=O)[C@H]([C@@H](C)O)C12. The summed E-state index contributed by atoms with van der Waals surface area (Å²) < 4.78 is 0. The van der Waals surface area contributed by atoms with E-state index in [4.69, 9.17) is 11.5 Å². The van der Waals surface area contributed by atoms with Gasteiger partial charge in [0, 0.05) is 35.7 Å². The van der Waals surface area contributed by atoms with Crippen molar-refractivity contribution < 1.29 is 19.8 Å². The molecular formula is C23H37N5O4S. The number of aliphatic hydroxyl groups is 1. The summed E-state index contributed by atoms with van der Waals surface area (Å²) in [4.78, 5) is 33.4. The van der Waals surface area contributed by atoms with Crippen LogP contribution in [0.5, 0.6) is 0 Å². The highest BCUT2D eigenvalue weighted by atomic mass is 32.2. The van der Waals surface area contributed by atoms with Crippen LogP contribution in [-0.2, 0) is 9.59 Å². The molecule has 4 rings (SSSR count). The van der Waals surface area contributed by atoms with Crippen molar-refractivity contribution in [3.05, 3.63) is 10.6 Å². The molecule has 2 saturated heterocycles. The van der Waals surface area contributed by atoms with Crippen molar-refractivity contribution in [1.29, 1.82) is 0 Å². The van der Waals surface area contributed by atoms with Crippen molar-refractivity contribution in [2.45, 2.75) is 63.3 Å². The number of likely N-dealkylation sites (tertiary alicyclic amines) is 1. The van der Waals surface area contributed by atoms with Crippen LogP contribution in [-0.4, -0.2) is 81.4 Å².